The van der Waals surface area contributed by atoms with Gasteiger partial charge >= 0.3 is 0 Å². The second-order valence-electron chi connectivity index (χ2n) is 12.4. The van der Waals surface area contributed by atoms with Crippen molar-refractivity contribution in [2.45, 2.75) is 34.6 Å². The number of hydrogen-bond acceptors (Lipinski definition) is 2. The normalized spacial score (nSPS) is 11.6. The summed E-state index contributed by atoms with van der Waals surface area (Å²) in [4.78, 5) is 5.12. The van der Waals surface area contributed by atoms with Crippen molar-refractivity contribution < 1.29 is 0 Å². The molecule has 0 spiro atoms. The standard InChI is InChI=1S/C41H32N4/c1-24-9-13-30-31-14-10-25(2)18-36(31)44(35(30)17-24)39-21-29(23-42)22-40(41(39)34-8-6-7-28(5)43-34)45-37-19-26(3)11-15-32(37)33-16-12-27(4)20-38(33)45/h6-22H,1-5H3. The van der Waals surface area contributed by atoms with E-state index in [-0.39, 0.29) is 0 Å². The fraction of sp³-hybridized carbons (Fsp3) is 0.122. The van der Waals surface area contributed by atoms with Gasteiger partial charge < -0.3 is 9.13 Å². The molecule has 8 rings (SSSR count). The van der Waals surface area contributed by atoms with Crippen LogP contribution in [-0.2, 0) is 0 Å². The third-order valence-electron chi connectivity index (χ3n) is 9.01. The zero-order valence-electron chi connectivity index (χ0n) is 26.1. The maximum absolute atomic E-state index is 10.5. The van der Waals surface area contributed by atoms with Gasteiger partial charge in [-0.3, -0.25) is 4.98 Å². The number of pyridine rings is 1. The van der Waals surface area contributed by atoms with Crippen molar-refractivity contribution in [2.75, 3.05) is 0 Å². The van der Waals surface area contributed by atoms with E-state index >= 15 is 0 Å². The topological polar surface area (TPSA) is 46.5 Å². The van der Waals surface area contributed by atoms with Crippen LogP contribution in [0.15, 0.2) is 103 Å². The second kappa shape index (κ2) is 9.94. The summed E-state index contributed by atoms with van der Waals surface area (Å²) in [6.07, 6.45) is 0. The number of hydrogen-bond donors (Lipinski definition) is 0. The van der Waals surface area contributed by atoms with Crippen LogP contribution < -0.4 is 0 Å². The maximum Gasteiger partial charge on any atom is 0.0993 e. The molecule has 45 heavy (non-hydrogen) atoms. The summed E-state index contributed by atoms with van der Waals surface area (Å²) in [6.45, 7) is 10.6. The lowest BCUT2D eigenvalue weighted by atomic mass is 10.0. The molecule has 3 aromatic heterocycles. The van der Waals surface area contributed by atoms with Crippen molar-refractivity contribution in [3.63, 3.8) is 0 Å². The van der Waals surface area contributed by atoms with E-state index in [1.807, 2.05) is 25.1 Å². The summed E-state index contributed by atoms with van der Waals surface area (Å²) < 4.78 is 4.69. The number of aryl methyl sites for hydroxylation is 5. The molecule has 0 amide bonds. The molecule has 3 heterocycles. The highest BCUT2D eigenvalue weighted by Gasteiger charge is 2.24. The summed E-state index contributed by atoms with van der Waals surface area (Å²) in [5.74, 6) is 0. The Labute approximate surface area is 262 Å². The minimum absolute atomic E-state index is 0.599. The first-order valence-corrected chi connectivity index (χ1v) is 15.4. The van der Waals surface area contributed by atoms with Gasteiger partial charge in [0.05, 0.1) is 50.8 Å². The van der Waals surface area contributed by atoms with E-state index in [9.17, 15) is 5.26 Å². The van der Waals surface area contributed by atoms with Gasteiger partial charge in [-0.1, -0.05) is 54.6 Å². The van der Waals surface area contributed by atoms with Gasteiger partial charge in [-0.05, 0) is 105 Å². The highest BCUT2D eigenvalue weighted by atomic mass is 15.0. The molecule has 5 aromatic carbocycles. The van der Waals surface area contributed by atoms with Gasteiger partial charge in [-0.2, -0.15) is 5.26 Å². The van der Waals surface area contributed by atoms with Gasteiger partial charge in [0.15, 0.2) is 0 Å². The van der Waals surface area contributed by atoms with Crippen molar-refractivity contribution in [2.24, 2.45) is 0 Å². The van der Waals surface area contributed by atoms with Gasteiger partial charge in [-0.25, -0.2) is 0 Å². The lowest BCUT2D eigenvalue weighted by molar-refractivity contribution is 1.11. The van der Waals surface area contributed by atoms with E-state index in [1.54, 1.807) is 0 Å². The molecule has 0 N–H and O–H groups in total. The molecule has 8 aromatic rings. The molecular formula is C41H32N4. The predicted molar refractivity (Wildman–Crippen MR) is 187 cm³/mol. The highest BCUT2D eigenvalue weighted by molar-refractivity contribution is 6.12. The Morgan fingerprint density at radius 3 is 1.27 bits per heavy atom. The maximum atomic E-state index is 10.5. The van der Waals surface area contributed by atoms with Crippen molar-refractivity contribution >= 4 is 43.6 Å². The van der Waals surface area contributed by atoms with E-state index < -0.39 is 0 Å². The van der Waals surface area contributed by atoms with Crippen LogP contribution in [0.5, 0.6) is 0 Å². The zero-order valence-corrected chi connectivity index (χ0v) is 26.1. The summed E-state index contributed by atoms with van der Waals surface area (Å²) >= 11 is 0. The third kappa shape index (κ3) is 4.16. The van der Waals surface area contributed by atoms with Crippen molar-refractivity contribution in [3.05, 3.63) is 137 Å². The van der Waals surface area contributed by atoms with E-state index in [4.69, 9.17) is 4.98 Å². The van der Waals surface area contributed by atoms with Gasteiger partial charge in [-0.15, -0.1) is 0 Å². The van der Waals surface area contributed by atoms with Crippen LogP contribution in [0.1, 0.15) is 33.5 Å². The molecule has 0 saturated heterocycles. The van der Waals surface area contributed by atoms with E-state index in [0.717, 1.165) is 50.4 Å². The lowest BCUT2D eigenvalue weighted by Gasteiger charge is -2.21. The van der Waals surface area contributed by atoms with Crippen LogP contribution in [0.25, 0.3) is 66.2 Å². The van der Waals surface area contributed by atoms with Crippen LogP contribution in [0.2, 0.25) is 0 Å². The van der Waals surface area contributed by atoms with Crippen LogP contribution in [0, 0.1) is 45.9 Å². The van der Waals surface area contributed by atoms with Crippen LogP contribution in [0.3, 0.4) is 0 Å². The number of aromatic nitrogens is 3. The highest BCUT2D eigenvalue weighted by Crippen LogP contribution is 2.42. The van der Waals surface area contributed by atoms with Crippen LogP contribution >= 0.6 is 0 Å². The molecule has 0 aliphatic rings. The quantitative estimate of drug-likeness (QED) is 0.209. The molecule has 0 bridgehead atoms. The molecule has 0 radical (unpaired) electrons. The number of rotatable bonds is 3. The van der Waals surface area contributed by atoms with Crippen molar-refractivity contribution in [1.29, 1.82) is 5.26 Å². The molecule has 0 saturated carbocycles. The predicted octanol–water partition coefficient (Wildman–Crippen LogP) is 10.4. The van der Waals surface area contributed by atoms with Gasteiger partial charge in [0.2, 0.25) is 0 Å². The summed E-state index contributed by atoms with van der Waals surface area (Å²) in [7, 11) is 0. The smallest absolute Gasteiger partial charge is 0.0993 e. The van der Waals surface area contributed by atoms with Gasteiger partial charge in [0.25, 0.3) is 0 Å². The van der Waals surface area contributed by atoms with Gasteiger partial charge in [0.1, 0.15) is 0 Å². The molecule has 0 aliphatic carbocycles. The Hall–Kier alpha value is -5.66. The molecule has 0 unspecified atom stereocenters. The zero-order chi connectivity index (χ0) is 31.0. The molecule has 0 aliphatic heterocycles. The second-order valence-corrected chi connectivity index (χ2v) is 12.4. The number of nitrogens with zero attached hydrogens (tertiary/aromatic N) is 4. The fourth-order valence-electron chi connectivity index (χ4n) is 6.97. The Kier molecular flexibility index (Phi) is 5.95. The fourth-order valence-corrected chi connectivity index (χ4v) is 6.97. The van der Waals surface area contributed by atoms with Crippen molar-refractivity contribution in [3.8, 4) is 28.7 Å². The first kappa shape index (κ1) is 26.9. The van der Waals surface area contributed by atoms with Gasteiger partial charge in [0, 0.05) is 32.8 Å². The molecule has 4 heteroatoms. The number of fused-ring (bicyclic) bond motifs is 6. The SMILES string of the molecule is Cc1ccc2c3ccc(C)cc3n(-c3cc(C#N)cc(-n4c5cc(C)ccc5c5ccc(C)cc54)c3-c3cccc(C)n3)c2c1. The summed E-state index contributed by atoms with van der Waals surface area (Å²) in [5.41, 5.74) is 14.5. The Morgan fingerprint density at radius 1 is 0.511 bits per heavy atom. The average molecular weight is 581 g/mol. The van der Waals surface area contributed by atoms with E-state index in [1.165, 1.54) is 43.8 Å². The first-order valence-electron chi connectivity index (χ1n) is 15.4. The molecule has 0 atom stereocenters. The van der Waals surface area contributed by atoms with Crippen LogP contribution in [-0.4, -0.2) is 14.1 Å². The van der Waals surface area contributed by atoms with E-state index in [0.29, 0.717) is 5.56 Å². The van der Waals surface area contributed by atoms with E-state index in [2.05, 4.69) is 128 Å². The molecular weight excluding hydrogens is 548 g/mol. The number of benzene rings is 5. The van der Waals surface area contributed by atoms with Crippen molar-refractivity contribution in [1.82, 2.24) is 14.1 Å². The minimum Gasteiger partial charge on any atom is -0.308 e. The average Bonchev–Trinajstić information content (AvgIpc) is 3.50. The Bertz CT molecular complexity index is 2290. The molecule has 0 fully saturated rings. The minimum atomic E-state index is 0.599. The third-order valence-corrected chi connectivity index (χ3v) is 9.01. The molecule has 4 nitrogen and oxygen atoms in total. The Morgan fingerprint density at radius 2 is 0.911 bits per heavy atom. The lowest BCUT2D eigenvalue weighted by Crippen LogP contribution is -2.06. The summed E-state index contributed by atoms with van der Waals surface area (Å²) in [5, 5.41) is 15.3. The Balaban J connectivity index is 1.63. The van der Waals surface area contributed by atoms with Crippen LogP contribution in [0.4, 0.5) is 0 Å². The summed E-state index contributed by atoms with van der Waals surface area (Å²) in [6, 6.07) is 39.4. The first-order chi connectivity index (χ1) is 21.8. The largest absolute Gasteiger partial charge is 0.308 e. The molecule has 216 valence electrons. The number of nitriles is 1. The monoisotopic (exact) mass is 580 g/mol.